The molecule has 0 amide bonds. The number of carbonyl (C=O) groups excluding carboxylic acids is 1. The number of ketones is 1. The molecular weight excluding hydrogens is 246 g/mol. The van der Waals surface area contributed by atoms with Crippen molar-refractivity contribution in [1.29, 1.82) is 0 Å². The van der Waals surface area contributed by atoms with Crippen LogP contribution in [0.3, 0.4) is 0 Å². The number of hydrogen-bond donors (Lipinski definition) is 0. The zero-order chi connectivity index (χ0) is 14.8. The highest BCUT2D eigenvalue weighted by Crippen LogP contribution is 2.36. The van der Waals surface area contributed by atoms with Gasteiger partial charge in [0, 0.05) is 12.1 Å². The summed E-state index contributed by atoms with van der Waals surface area (Å²) >= 11 is 0. The van der Waals surface area contributed by atoms with E-state index in [2.05, 4.69) is 30.9 Å². The molecule has 2 heteroatoms. The number of nitrogens with zero attached hydrogens (tertiary/aromatic N) is 1. The first kappa shape index (κ1) is 15.2. The van der Waals surface area contributed by atoms with Gasteiger partial charge in [-0.1, -0.05) is 31.5 Å². The molecule has 0 bridgehead atoms. The van der Waals surface area contributed by atoms with Gasteiger partial charge in [0.1, 0.15) is 0 Å². The molecule has 1 saturated heterocycles. The zero-order valence-electron chi connectivity index (χ0n) is 13.3. The molecule has 1 aromatic carbocycles. The molecule has 0 N–H and O–H groups in total. The summed E-state index contributed by atoms with van der Waals surface area (Å²) in [6.07, 6.45) is 3.68. The molecule has 1 aliphatic rings. The second-order valence-electron chi connectivity index (χ2n) is 6.41. The summed E-state index contributed by atoms with van der Waals surface area (Å²) in [5.74, 6) is 0.272. The van der Waals surface area contributed by atoms with Gasteiger partial charge in [-0.25, -0.2) is 0 Å². The van der Waals surface area contributed by atoms with Crippen molar-refractivity contribution in [2.75, 3.05) is 19.6 Å². The van der Waals surface area contributed by atoms with Gasteiger partial charge < -0.3 is 0 Å². The third-order valence-corrected chi connectivity index (χ3v) is 5.08. The molecule has 20 heavy (non-hydrogen) atoms. The van der Waals surface area contributed by atoms with Gasteiger partial charge in [-0.2, -0.15) is 0 Å². The van der Waals surface area contributed by atoms with Gasteiger partial charge in [-0.3, -0.25) is 9.69 Å². The maximum Gasteiger partial charge on any atom is 0.177 e. The number of hydrogen-bond acceptors (Lipinski definition) is 2. The summed E-state index contributed by atoms with van der Waals surface area (Å²) in [6, 6.07) is 6.15. The van der Waals surface area contributed by atoms with E-state index in [1.54, 1.807) is 0 Å². The molecule has 0 saturated carbocycles. The van der Waals surface area contributed by atoms with Gasteiger partial charge in [0.15, 0.2) is 5.78 Å². The molecule has 1 aliphatic heterocycles. The average molecular weight is 273 g/mol. The minimum atomic E-state index is 0.272. The Morgan fingerprint density at radius 2 is 1.95 bits per heavy atom. The number of carbonyl (C=O) groups is 1. The molecule has 0 unspecified atom stereocenters. The highest BCUT2D eigenvalue weighted by molar-refractivity contribution is 5.99. The van der Waals surface area contributed by atoms with Crippen molar-refractivity contribution < 1.29 is 4.79 Å². The Morgan fingerprint density at radius 3 is 2.55 bits per heavy atom. The fourth-order valence-electron chi connectivity index (χ4n) is 3.31. The second kappa shape index (κ2) is 6.09. The molecular formula is C18H27NO. The van der Waals surface area contributed by atoms with E-state index < -0.39 is 0 Å². The number of rotatable bonds is 5. The van der Waals surface area contributed by atoms with Crippen LogP contribution in [0.15, 0.2) is 18.2 Å². The standard InChI is InChI=1S/C18H27NO/c1-5-18(6-2)9-10-19(13-18)12-17(20)16-11-14(3)7-8-15(16)4/h7-8,11H,5-6,9-10,12-13H2,1-4H3. The first-order valence-electron chi connectivity index (χ1n) is 7.82. The summed E-state index contributed by atoms with van der Waals surface area (Å²) in [7, 11) is 0. The maximum atomic E-state index is 12.5. The molecule has 110 valence electrons. The topological polar surface area (TPSA) is 20.3 Å². The molecule has 0 atom stereocenters. The highest BCUT2D eigenvalue weighted by Gasteiger charge is 2.35. The second-order valence-corrected chi connectivity index (χ2v) is 6.41. The third-order valence-electron chi connectivity index (χ3n) is 5.08. The molecule has 0 radical (unpaired) electrons. The Kier molecular flexibility index (Phi) is 4.64. The fraction of sp³-hybridized carbons (Fsp3) is 0.611. The monoisotopic (exact) mass is 273 g/mol. The van der Waals surface area contributed by atoms with Gasteiger partial charge >= 0.3 is 0 Å². The normalized spacial score (nSPS) is 18.4. The minimum absolute atomic E-state index is 0.272. The van der Waals surface area contributed by atoms with Crippen molar-refractivity contribution in [2.45, 2.75) is 47.0 Å². The predicted octanol–water partition coefficient (Wildman–Crippen LogP) is 4.00. The van der Waals surface area contributed by atoms with Crippen LogP contribution in [0.4, 0.5) is 0 Å². The first-order chi connectivity index (χ1) is 9.49. The van der Waals surface area contributed by atoms with Gasteiger partial charge in [-0.05, 0) is 56.7 Å². The van der Waals surface area contributed by atoms with Gasteiger partial charge in [0.2, 0.25) is 0 Å². The third kappa shape index (κ3) is 3.12. The Hall–Kier alpha value is -1.15. The SMILES string of the molecule is CCC1(CC)CCN(CC(=O)c2cc(C)ccc2C)C1. The smallest absolute Gasteiger partial charge is 0.177 e. The first-order valence-corrected chi connectivity index (χ1v) is 7.82. The predicted molar refractivity (Wildman–Crippen MR) is 84.3 cm³/mol. The van der Waals surface area contributed by atoms with E-state index >= 15 is 0 Å². The van der Waals surface area contributed by atoms with Gasteiger partial charge in [0.05, 0.1) is 6.54 Å². The molecule has 2 nitrogen and oxygen atoms in total. The van der Waals surface area contributed by atoms with Gasteiger partial charge in [-0.15, -0.1) is 0 Å². The van der Waals surface area contributed by atoms with E-state index in [9.17, 15) is 4.79 Å². The van der Waals surface area contributed by atoms with Gasteiger partial charge in [0.25, 0.3) is 0 Å². The summed E-state index contributed by atoms with van der Waals surface area (Å²) in [4.78, 5) is 14.9. The molecule has 1 aromatic rings. The lowest BCUT2D eigenvalue weighted by Gasteiger charge is -2.26. The van der Waals surface area contributed by atoms with Crippen molar-refractivity contribution in [1.82, 2.24) is 4.90 Å². The average Bonchev–Trinajstić information content (AvgIpc) is 2.85. The largest absolute Gasteiger partial charge is 0.295 e. The molecule has 2 rings (SSSR count). The summed E-state index contributed by atoms with van der Waals surface area (Å²) in [6.45, 7) is 11.4. The van der Waals surface area contributed by atoms with Crippen LogP contribution >= 0.6 is 0 Å². The van der Waals surface area contributed by atoms with E-state index in [1.807, 2.05) is 19.9 Å². The van der Waals surface area contributed by atoms with E-state index in [1.165, 1.54) is 19.3 Å². The summed E-state index contributed by atoms with van der Waals surface area (Å²) in [5.41, 5.74) is 3.60. The van der Waals surface area contributed by atoms with Crippen molar-refractivity contribution in [3.63, 3.8) is 0 Å². The molecule has 0 spiro atoms. The lowest BCUT2D eigenvalue weighted by Crippen LogP contribution is -2.31. The van der Waals surface area contributed by atoms with Crippen LogP contribution in [-0.2, 0) is 0 Å². The van der Waals surface area contributed by atoms with Crippen LogP contribution in [0.1, 0.15) is 54.6 Å². The molecule has 0 aromatic heterocycles. The van der Waals surface area contributed by atoms with Crippen LogP contribution in [0.2, 0.25) is 0 Å². The van der Waals surface area contributed by atoms with E-state index in [-0.39, 0.29) is 5.78 Å². The highest BCUT2D eigenvalue weighted by atomic mass is 16.1. The Bertz CT molecular complexity index is 488. The van der Waals surface area contributed by atoms with Crippen LogP contribution in [0.5, 0.6) is 0 Å². The van der Waals surface area contributed by atoms with Crippen molar-refractivity contribution in [3.05, 3.63) is 34.9 Å². The molecule has 0 aliphatic carbocycles. The van der Waals surface area contributed by atoms with E-state index in [0.717, 1.165) is 29.8 Å². The Morgan fingerprint density at radius 1 is 1.25 bits per heavy atom. The van der Waals surface area contributed by atoms with Crippen LogP contribution < -0.4 is 0 Å². The summed E-state index contributed by atoms with van der Waals surface area (Å²) < 4.78 is 0. The van der Waals surface area contributed by atoms with Crippen LogP contribution in [0.25, 0.3) is 0 Å². The van der Waals surface area contributed by atoms with Crippen molar-refractivity contribution in [2.24, 2.45) is 5.41 Å². The number of likely N-dealkylation sites (tertiary alicyclic amines) is 1. The fourth-order valence-corrected chi connectivity index (χ4v) is 3.31. The number of benzene rings is 1. The maximum absolute atomic E-state index is 12.5. The number of aryl methyl sites for hydroxylation is 2. The van der Waals surface area contributed by atoms with Crippen LogP contribution in [0, 0.1) is 19.3 Å². The summed E-state index contributed by atoms with van der Waals surface area (Å²) in [5, 5.41) is 0. The Labute approximate surface area is 123 Å². The molecule has 1 fully saturated rings. The molecule has 1 heterocycles. The van der Waals surface area contributed by atoms with E-state index in [4.69, 9.17) is 0 Å². The Balaban J connectivity index is 2.04. The van der Waals surface area contributed by atoms with Crippen molar-refractivity contribution in [3.8, 4) is 0 Å². The van der Waals surface area contributed by atoms with E-state index in [0.29, 0.717) is 12.0 Å². The zero-order valence-corrected chi connectivity index (χ0v) is 13.3. The lowest BCUT2D eigenvalue weighted by molar-refractivity contribution is 0.0935. The lowest BCUT2D eigenvalue weighted by atomic mass is 9.82. The minimum Gasteiger partial charge on any atom is -0.295 e. The van der Waals surface area contributed by atoms with Crippen LogP contribution in [-0.4, -0.2) is 30.3 Å². The van der Waals surface area contributed by atoms with Crippen molar-refractivity contribution >= 4 is 5.78 Å². The number of Topliss-reactive ketones (excluding diaryl/α,β-unsaturated/α-hetero) is 1. The quantitative estimate of drug-likeness (QED) is 0.756.